The molecule has 24 heavy (non-hydrogen) atoms. The van der Waals surface area contributed by atoms with Crippen LogP contribution in [0.4, 0.5) is 0 Å². The van der Waals surface area contributed by atoms with Crippen LogP contribution in [-0.2, 0) is 4.74 Å². The molecule has 3 N–H and O–H groups in total. The summed E-state index contributed by atoms with van der Waals surface area (Å²) in [5.74, 6) is -2.35. The van der Waals surface area contributed by atoms with Gasteiger partial charge in [-0.1, -0.05) is 0 Å². The highest BCUT2D eigenvalue weighted by atomic mass is 16.5. The lowest BCUT2D eigenvalue weighted by Gasteiger charge is -2.31. The van der Waals surface area contributed by atoms with E-state index < -0.39 is 29.2 Å². The number of methoxy groups -OCH3 is 1. The maximum Gasteiger partial charge on any atom is 0.232 e. The number of Topliss-reactive ketones (excluding diaryl/α,β-unsaturated/α-hetero) is 2. The number of hydrogen-bond donors (Lipinski definition) is 3. The van der Waals surface area contributed by atoms with Crippen molar-refractivity contribution < 1.29 is 34.4 Å². The number of phenols is 2. The summed E-state index contributed by atoms with van der Waals surface area (Å²) in [6.07, 6.45) is 0.143. The van der Waals surface area contributed by atoms with Crippen LogP contribution in [0, 0.1) is 0 Å². The molecule has 7 heteroatoms. The van der Waals surface area contributed by atoms with Crippen LogP contribution >= 0.6 is 0 Å². The Morgan fingerprint density at radius 2 is 2.00 bits per heavy atom. The van der Waals surface area contributed by atoms with E-state index in [-0.39, 0.29) is 34.3 Å². The predicted octanol–water partition coefficient (Wildman–Crippen LogP) is 1.69. The summed E-state index contributed by atoms with van der Waals surface area (Å²) in [5.41, 5.74) is -0.350. The number of fused-ring (bicyclic) bond motifs is 1. The number of ketones is 2. The minimum absolute atomic E-state index is 0.104. The van der Waals surface area contributed by atoms with E-state index in [2.05, 4.69) is 0 Å². The number of rotatable bonds is 3. The number of aromatic hydroxyl groups is 2. The molecule has 7 nitrogen and oxygen atoms in total. The maximum absolute atomic E-state index is 12.7. The molecule has 0 bridgehead atoms. The number of aliphatic hydroxyl groups is 1. The summed E-state index contributed by atoms with van der Waals surface area (Å²) in [7, 11) is 1.27. The van der Waals surface area contributed by atoms with Crippen molar-refractivity contribution in [2.24, 2.45) is 0 Å². The Kier molecular flexibility index (Phi) is 3.96. The molecule has 0 saturated heterocycles. The van der Waals surface area contributed by atoms with E-state index in [1.807, 2.05) is 0 Å². The fraction of sp³-hybridized carbons (Fsp3) is 0.412. The van der Waals surface area contributed by atoms with Crippen molar-refractivity contribution in [1.29, 1.82) is 0 Å². The fourth-order valence-electron chi connectivity index (χ4n) is 3.17. The van der Waals surface area contributed by atoms with Crippen molar-refractivity contribution in [1.82, 2.24) is 0 Å². The van der Waals surface area contributed by atoms with Crippen LogP contribution in [0.1, 0.15) is 46.9 Å². The summed E-state index contributed by atoms with van der Waals surface area (Å²) < 4.78 is 10.5. The van der Waals surface area contributed by atoms with Crippen LogP contribution in [0.25, 0.3) is 0 Å². The molecule has 1 aromatic carbocycles. The van der Waals surface area contributed by atoms with Gasteiger partial charge in [-0.25, -0.2) is 0 Å². The highest BCUT2D eigenvalue weighted by Gasteiger charge is 2.41. The smallest absolute Gasteiger partial charge is 0.232 e. The molecule has 2 atom stereocenters. The number of hydrogen-bond acceptors (Lipinski definition) is 7. The maximum atomic E-state index is 12.7. The molecule has 0 spiro atoms. The van der Waals surface area contributed by atoms with Gasteiger partial charge in [0.2, 0.25) is 5.78 Å². The number of carbonyl (C=O) groups excluding carboxylic acids is 2. The second-order valence-corrected chi connectivity index (χ2v) is 6.03. The Morgan fingerprint density at radius 1 is 1.29 bits per heavy atom. The van der Waals surface area contributed by atoms with E-state index in [9.17, 15) is 24.9 Å². The first-order chi connectivity index (χ1) is 11.3. The van der Waals surface area contributed by atoms with Gasteiger partial charge < -0.3 is 24.8 Å². The average molecular weight is 334 g/mol. The van der Waals surface area contributed by atoms with Gasteiger partial charge in [-0.05, 0) is 19.8 Å². The van der Waals surface area contributed by atoms with E-state index in [0.29, 0.717) is 19.3 Å². The van der Waals surface area contributed by atoms with E-state index >= 15 is 0 Å². The predicted molar refractivity (Wildman–Crippen MR) is 82.4 cm³/mol. The molecule has 0 fully saturated rings. The lowest BCUT2D eigenvalue weighted by molar-refractivity contribution is 0.0364. The molecule has 0 saturated carbocycles. The molecule has 1 aliphatic heterocycles. The van der Waals surface area contributed by atoms with Gasteiger partial charge in [0.1, 0.15) is 11.9 Å². The third kappa shape index (κ3) is 2.41. The van der Waals surface area contributed by atoms with Crippen molar-refractivity contribution in [2.45, 2.75) is 38.4 Å². The van der Waals surface area contributed by atoms with Gasteiger partial charge in [-0.2, -0.15) is 0 Å². The lowest BCUT2D eigenvalue weighted by atomic mass is 9.82. The van der Waals surface area contributed by atoms with Crippen LogP contribution in [0.2, 0.25) is 0 Å². The highest BCUT2D eigenvalue weighted by Crippen LogP contribution is 2.45. The molecular formula is C17H18O7. The van der Waals surface area contributed by atoms with Gasteiger partial charge in [0, 0.05) is 18.1 Å². The Morgan fingerprint density at radius 3 is 2.62 bits per heavy atom. The van der Waals surface area contributed by atoms with E-state index in [0.717, 1.165) is 6.07 Å². The minimum atomic E-state index is -0.665. The molecule has 1 aromatic rings. The number of phenolic OH excluding ortho intramolecular Hbond substituents is 2. The Labute approximate surface area is 138 Å². The van der Waals surface area contributed by atoms with Crippen molar-refractivity contribution in [3.63, 3.8) is 0 Å². The molecule has 0 amide bonds. The lowest BCUT2D eigenvalue weighted by Crippen LogP contribution is -2.32. The third-order valence-electron chi connectivity index (χ3n) is 4.28. The normalized spacial score (nSPS) is 21.0. The zero-order chi connectivity index (χ0) is 17.6. The second kappa shape index (κ2) is 5.83. The number of aliphatic hydroxyl groups excluding tert-OH is 1. The SMILES string of the molecule is COc1cc(O)c2c(c1O)C(=O)C1=C(CC[C@H](C[C@H](C)O)O1)C2=O. The van der Waals surface area contributed by atoms with Crippen LogP contribution in [0.3, 0.4) is 0 Å². The average Bonchev–Trinajstić information content (AvgIpc) is 2.53. The molecule has 0 aromatic heterocycles. The van der Waals surface area contributed by atoms with Gasteiger partial charge in [0.15, 0.2) is 23.0 Å². The first kappa shape index (κ1) is 16.3. The third-order valence-corrected chi connectivity index (χ3v) is 4.28. The van der Waals surface area contributed by atoms with E-state index in [1.165, 1.54) is 7.11 Å². The molecular weight excluding hydrogens is 316 g/mol. The quantitative estimate of drug-likeness (QED) is 0.721. The number of benzene rings is 1. The summed E-state index contributed by atoms with van der Waals surface area (Å²) in [5, 5.41) is 29.8. The molecule has 2 aliphatic rings. The van der Waals surface area contributed by atoms with Crippen LogP contribution in [-0.4, -0.2) is 46.2 Å². The first-order valence-corrected chi connectivity index (χ1v) is 7.65. The standard InChI is InChI=1S/C17H18O7/c1-7(18)5-8-3-4-9-14(20)12-10(19)6-11(23-2)15(21)13(12)16(22)17(9)24-8/h6-8,18-19,21H,3-5H2,1-2H3/t7-,8+/m0/s1. The van der Waals surface area contributed by atoms with Gasteiger partial charge in [0.05, 0.1) is 24.3 Å². The molecule has 1 aliphatic carbocycles. The minimum Gasteiger partial charge on any atom is -0.507 e. The van der Waals surface area contributed by atoms with Crippen molar-refractivity contribution >= 4 is 11.6 Å². The fourth-order valence-corrected chi connectivity index (χ4v) is 3.17. The van der Waals surface area contributed by atoms with Crippen molar-refractivity contribution in [3.8, 4) is 17.2 Å². The molecule has 3 rings (SSSR count). The molecule has 0 radical (unpaired) electrons. The van der Waals surface area contributed by atoms with Gasteiger partial charge in [0.25, 0.3) is 0 Å². The summed E-state index contributed by atoms with van der Waals surface area (Å²) in [6.45, 7) is 1.62. The van der Waals surface area contributed by atoms with Gasteiger partial charge in [-0.3, -0.25) is 9.59 Å². The van der Waals surface area contributed by atoms with Gasteiger partial charge >= 0.3 is 0 Å². The van der Waals surface area contributed by atoms with Gasteiger partial charge in [-0.15, -0.1) is 0 Å². The Bertz CT molecular complexity index is 761. The first-order valence-electron chi connectivity index (χ1n) is 7.65. The number of allylic oxidation sites excluding steroid dienone is 2. The molecule has 1 heterocycles. The summed E-state index contributed by atoms with van der Waals surface area (Å²) in [6, 6.07) is 1.10. The number of ether oxygens (including phenoxy) is 2. The van der Waals surface area contributed by atoms with Crippen LogP contribution < -0.4 is 4.74 Å². The largest absolute Gasteiger partial charge is 0.507 e. The monoisotopic (exact) mass is 334 g/mol. The van der Waals surface area contributed by atoms with Crippen LogP contribution in [0.5, 0.6) is 17.2 Å². The second-order valence-electron chi connectivity index (χ2n) is 6.03. The summed E-state index contributed by atoms with van der Waals surface area (Å²) >= 11 is 0. The Balaban J connectivity index is 2.09. The Hall–Kier alpha value is -2.54. The zero-order valence-electron chi connectivity index (χ0n) is 13.3. The highest BCUT2D eigenvalue weighted by molar-refractivity contribution is 6.28. The molecule has 128 valence electrons. The van der Waals surface area contributed by atoms with Crippen molar-refractivity contribution in [3.05, 3.63) is 28.5 Å². The van der Waals surface area contributed by atoms with Crippen LogP contribution in [0.15, 0.2) is 17.4 Å². The van der Waals surface area contributed by atoms with E-state index in [1.54, 1.807) is 6.92 Å². The number of carbonyl (C=O) groups is 2. The van der Waals surface area contributed by atoms with Crippen molar-refractivity contribution in [2.75, 3.05) is 7.11 Å². The zero-order valence-corrected chi connectivity index (χ0v) is 13.3. The molecule has 0 unspecified atom stereocenters. The van der Waals surface area contributed by atoms with E-state index in [4.69, 9.17) is 9.47 Å². The summed E-state index contributed by atoms with van der Waals surface area (Å²) in [4.78, 5) is 25.4. The topological polar surface area (TPSA) is 113 Å².